The normalized spacial score (nSPS) is 19.5. The number of likely N-dealkylation sites (tertiary alicyclic amines) is 2. The topological polar surface area (TPSA) is 59.1 Å². The Kier molecular flexibility index (Phi) is 9.87. The van der Waals surface area contributed by atoms with E-state index in [0.717, 1.165) is 74.5 Å². The van der Waals surface area contributed by atoms with Crippen LogP contribution in [0.25, 0.3) is 0 Å². The van der Waals surface area contributed by atoms with Crippen LogP contribution in [0.4, 0.5) is 0 Å². The van der Waals surface area contributed by atoms with Crippen molar-refractivity contribution in [2.45, 2.75) is 49.0 Å². The van der Waals surface area contributed by atoms with E-state index in [9.17, 15) is 9.59 Å². The highest BCUT2D eigenvalue weighted by Gasteiger charge is 2.30. The standard InChI is InChI=1S/C28H36N2O4S2/c1-33-23-9-3-21(4-10-23)7-13-27(31)29-17-15-25(19-29)35-36-26-16-18-30(20-26)28(32)14-8-22-5-11-24(34-2)12-6-22/h3-6,9-12,25-26H,7-8,13-20H2,1-2H3/t25-,26?/m1/s1. The molecule has 0 bridgehead atoms. The third-order valence-corrected chi connectivity index (χ3v) is 10.3. The van der Waals surface area contributed by atoms with Crippen molar-refractivity contribution in [2.75, 3.05) is 40.4 Å². The van der Waals surface area contributed by atoms with E-state index >= 15 is 0 Å². The Labute approximate surface area is 222 Å². The zero-order valence-corrected chi connectivity index (χ0v) is 22.8. The van der Waals surface area contributed by atoms with Crippen molar-refractivity contribution in [3.63, 3.8) is 0 Å². The molecule has 0 radical (unpaired) electrons. The van der Waals surface area contributed by atoms with Crippen LogP contribution in [0.3, 0.4) is 0 Å². The average Bonchev–Trinajstić information content (AvgIpc) is 3.60. The third-order valence-electron chi connectivity index (χ3n) is 6.90. The van der Waals surface area contributed by atoms with Crippen LogP contribution in [-0.4, -0.2) is 72.5 Å². The second-order valence-electron chi connectivity index (χ2n) is 9.39. The Morgan fingerprint density at radius 3 is 1.47 bits per heavy atom. The summed E-state index contributed by atoms with van der Waals surface area (Å²) in [7, 11) is 7.13. The number of hydrogen-bond acceptors (Lipinski definition) is 6. The molecule has 0 spiro atoms. The maximum absolute atomic E-state index is 12.7. The molecule has 2 aliphatic rings. The number of ether oxygens (including phenoxy) is 2. The summed E-state index contributed by atoms with van der Waals surface area (Å²) in [5, 5.41) is 0.944. The first kappa shape index (κ1) is 26.7. The first-order chi connectivity index (χ1) is 17.5. The highest BCUT2D eigenvalue weighted by molar-refractivity contribution is 8.77. The molecule has 2 aromatic carbocycles. The van der Waals surface area contributed by atoms with Crippen LogP contribution in [0.2, 0.25) is 0 Å². The minimum atomic E-state index is 0.244. The summed E-state index contributed by atoms with van der Waals surface area (Å²) in [5.41, 5.74) is 2.32. The number of carbonyl (C=O) groups is 2. The average molecular weight is 529 g/mol. The highest BCUT2D eigenvalue weighted by atomic mass is 33.1. The van der Waals surface area contributed by atoms with Crippen molar-refractivity contribution in [2.24, 2.45) is 0 Å². The summed E-state index contributed by atoms with van der Waals surface area (Å²) in [4.78, 5) is 29.4. The van der Waals surface area contributed by atoms with Gasteiger partial charge in [-0.05, 0) is 61.1 Å². The number of methoxy groups -OCH3 is 2. The molecule has 6 nitrogen and oxygen atoms in total. The van der Waals surface area contributed by atoms with Gasteiger partial charge in [0.05, 0.1) is 14.2 Å². The van der Waals surface area contributed by atoms with E-state index in [1.807, 2.05) is 79.9 Å². The molecule has 36 heavy (non-hydrogen) atoms. The van der Waals surface area contributed by atoms with Gasteiger partial charge < -0.3 is 19.3 Å². The fraction of sp³-hybridized carbons (Fsp3) is 0.500. The molecular weight excluding hydrogens is 492 g/mol. The van der Waals surface area contributed by atoms with Crippen LogP contribution in [0.15, 0.2) is 48.5 Å². The van der Waals surface area contributed by atoms with E-state index in [2.05, 4.69) is 0 Å². The highest BCUT2D eigenvalue weighted by Crippen LogP contribution is 2.39. The zero-order chi connectivity index (χ0) is 25.3. The van der Waals surface area contributed by atoms with Gasteiger partial charge >= 0.3 is 0 Å². The van der Waals surface area contributed by atoms with Crippen LogP contribution in [0, 0.1) is 0 Å². The first-order valence-electron chi connectivity index (χ1n) is 12.7. The van der Waals surface area contributed by atoms with Gasteiger partial charge in [0.2, 0.25) is 11.8 Å². The molecule has 194 valence electrons. The molecule has 2 heterocycles. The lowest BCUT2D eigenvalue weighted by atomic mass is 10.1. The van der Waals surface area contributed by atoms with Crippen molar-refractivity contribution >= 4 is 33.4 Å². The van der Waals surface area contributed by atoms with Crippen molar-refractivity contribution in [1.82, 2.24) is 9.80 Å². The maximum Gasteiger partial charge on any atom is 0.222 e. The number of aryl methyl sites for hydroxylation is 2. The zero-order valence-electron chi connectivity index (χ0n) is 21.2. The quantitative estimate of drug-likeness (QED) is 0.389. The molecule has 0 saturated carbocycles. The van der Waals surface area contributed by atoms with Crippen LogP contribution in [0.1, 0.15) is 36.8 Å². The summed E-state index contributed by atoms with van der Waals surface area (Å²) >= 11 is 0. The largest absolute Gasteiger partial charge is 0.497 e. The fourth-order valence-electron chi connectivity index (χ4n) is 4.63. The Morgan fingerprint density at radius 1 is 0.722 bits per heavy atom. The van der Waals surface area contributed by atoms with Gasteiger partial charge in [-0.2, -0.15) is 0 Å². The van der Waals surface area contributed by atoms with E-state index in [1.54, 1.807) is 14.2 Å². The molecule has 8 heteroatoms. The number of nitrogens with zero attached hydrogens (tertiary/aromatic N) is 2. The Balaban J connectivity index is 1.11. The minimum Gasteiger partial charge on any atom is -0.497 e. The SMILES string of the molecule is COc1ccc(CCC(=O)N2CCC(SS[C@@H]3CCN(C(=O)CCc4ccc(OC)cc4)C3)C2)cc1. The number of benzene rings is 2. The van der Waals surface area contributed by atoms with Crippen LogP contribution < -0.4 is 9.47 Å². The van der Waals surface area contributed by atoms with E-state index in [4.69, 9.17) is 9.47 Å². The van der Waals surface area contributed by atoms with E-state index < -0.39 is 0 Å². The van der Waals surface area contributed by atoms with Gasteiger partial charge in [0.15, 0.2) is 0 Å². The monoisotopic (exact) mass is 528 g/mol. The van der Waals surface area contributed by atoms with Gasteiger partial charge in [0.25, 0.3) is 0 Å². The summed E-state index contributed by atoms with van der Waals surface area (Å²) in [6.45, 7) is 3.35. The second-order valence-corrected chi connectivity index (χ2v) is 12.3. The van der Waals surface area contributed by atoms with Gasteiger partial charge in [0.1, 0.15) is 11.5 Å². The van der Waals surface area contributed by atoms with Crippen molar-refractivity contribution in [3.05, 3.63) is 59.7 Å². The lowest BCUT2D eigenvalue weighted by Gasteiger charge is -2.18. The van der Waals surface area contributed by atoms with E-state index in [1.165, 1.54) is 0 Å². The Hall–Kier alpha value is -2.32. The molecule has 4 rings (SSSR count). The van der Waals surface area contributed by atoms with Crippen LogP contribution in [0.5, 0.6) is 11.5 Å². The fourth-order valence-corrected chi connectivity index (χ4v) is 7.71. The first-order valence-corrected chi connectivity index (χ1v) is 14.9. The smallest absolute Gasteiger partial charge is 0.222 e. The Bertz CT molecular complexity index is 918. The molecular formula is C28H36N2O4S2. The van der Waals surface area contributed by atoms with E-state index in [-0.39, 0.29) is 11.8 Å². The van der Waals surface area contributed by atoms with Crippen LogP contribution >= 0.6 is 21.6 Å². The summed E-state index contributed by atoms with van der Waals surface area (Å²) in [6.07, 6.45) is 4.71. The molecule has 2 atom stereocenters. The van der Waals surface area contributed by atoms with Gasteiger partial charge in [0, 0.05) is 49.5 Å². The molecule has 0 N–H and O–H groups in total. The minimum absolute atomic E-state index is 0.244. The lowest BCUT2D eigenvalue weighted by Crippen LogP contribution is -2.29. The summed E-state index contributed by atoms with van der Waals surface area (Å²) < 4.78 is 10.4. The van der Waals surface area contributed by atoms with Crippen molar-refractivity contribution in [3.8, 4) is 11.5 Å². The molecule has 0 aliphatic carbocycles. The molecule has 2 fully saturated rings. The van der Waals surface area contributed by atoms with Gasteiger partial charge in [-0.1, -0.05) is 45.9 Å². The van der Waals surface area contributed by atoms with E-state index in [0.29, 0.717) is 23.3 Å². The molecule has 2 amide bonds. The molecule has 2 aliphatic heterocycles. The van der Waals surface area contributed by atoms with Gasteiger partial charge in [-0.15, -0.1) is 0 Å². The summed E-state index contributed by atoms with van der Waals surface area (Å²) in [6, 6.07) is 15.9. The van der Waals surface area contributed by atoms with Crippen LogP contribution in [-0.2, 0) is 22.4 Å². The molecule has 2 saturated heterocycles. The maximum atomic E-state index is 12.7. The third kappa shape index (κ3) is 7.59. The molecule has 0 aromatic heterocycles. The van der Waals surface area contributed by atoms with Crippen molar-refractivity contribution in [1.29, 1.82) is 0 Å². The van der Waals surface area contributed by atoms with Gasteiger partial charge in [-0.3, -0.25) is 9.59 Å². The summed E-state index contributed by atoms with van der Waals surface area (Å²) in [5.74, 6) is 2.16. The number of carbonyl (C=O) groups excluding carboxylic acids is 2. The molecule has 2 aromatic rings. The predicted molar refractivity (Wildman–Crippen MR) is 148 cm³/mol. The molecule has 1 unspecified atom stereocenters. The number of rotatable bonds is 11. The lowest BCUT2D eigenvalue weighted by molar-refractivity contribution is -0.130. The number of hydrogen-bond donors (Lipinski definition) is 0. The predicted octanol–water partition coefficient (Wildman–Crippen LogP) is 4.85. The second kappa shape index (κ2) is 13.3. The number of amides is 2. The van der Waals surface area contributed by atoms with Crippen molar-refractivity contribution < 1.29 is 19.1 Å². The Morgan fingerprint density at radius 2 is 1.11 bits per heavy atom. The van der Waals surface area contributed by atoms with Gasteiger partial charge in [-0.25, -0.2) is 0 Å².